The van der Waals surface area contributed by atoms with Crippen LogP contribution in [0.2, 0.25) is 0 Å². The van der Waals surface area contributed by atoms with Crippen LogP contribution in [-0.2, 0) is 4.79 Å². The summed E-state index contributed by atoms with van der Waals surface area (Å²) in [5.41, 5.74) is 2.62. The Kier molecular flexibility index (Phi) is 4.10. The summed E-state index contributed by atoms with van der Waals surface area (Å²) in [6.45, 7) is 0. The third kappa shape index (κ3) is 2.38. The number of rotatable bonds is 3. The summed E-state index contributed by atoms with van der Waals surface area (Å²) >= 11 is 0. The number of carbonyl (C=O) groups is 1. The van der Waals surface area contributed by atoms with Crippen molar-refractivity contribution < 1.29 is 15.2 Å². The largest absolute Gasteiger partial charge is 0.296 e. The quantitative estimate of drug-likeness (QED) is 0.361. The molecule has 0 aliphatic rings. The van der Waals surface area contributed by atoms with E-state index in [1.807, 2.05) is 0 Å². The molecule has 0 saturated heterocycles. The topological polar surface area (TPSA) is 109 Å². The van der Waals surface area contributed by atoms with Gasteiger partial charge in [-0.2, -0.15) is 10.4 Å². The third-order valence-corrected chi connectivity index (χ3v) is 0.680. The summed E-state index contributed by atoms with van der Waals surface area (Å²) in [6.07, 6.45) is -0.443. The van der Waals surface area contributed by atoms with Crippen molar-refractivity contribution in [2.24, 2.45) is 0 Å². The summed E-state index contributed by atoms with van der Waals surface area (Å²) in [5.74, 6) is -0.799. The molecule has 0 radical (unpaired) electrons. The second kappa shape index (κ2) is 4.66. The fourth-order valence-corrected chi connectivity index (χ4v) is 0.281. The first-order valence-corrected chi connectivity index (χ1v) is 2.25. The maximum absolute atomic E-state index is 10.5. The van der Waals surface area contributed by atoms with Gasteiger partial charge in [0.05, 0.1) is 6.07 Å². The number of hydrogen-bond donors (Lipinski definition) is 4. The van der Waals surface area contributed by atoms with Gasteiger partial charge in [0.1, 0.15) is 6.42 Å². The molecule has 0 aliphatic heterocycles. The number of carbonyl (C=O) groups excluding carboxylic acids is 1. The Morgan fingerprint density at radius 2 is 2.10 bits per heavy atom. The molecule has 0 aromatic rings. The van der Waals surface area contributed by atoms with E-state index in [0.717, 1.165) is 0 Å². The molecule has 4 N–H and O–H groups in total. The lowest BCUT2D eigenvalue weighted by Crippen LogP contribution is -2.48. The molecule has 0 atom stereocenters. The summed E-state index contributed by atoms with van der Waals surface area (Å²) in [7, 11) is 0. The lowest BCUT2D eigenvalue weighted by Gasteiger charge is -2.13. The Morgan fingerprint density at radius 3 is 2.40 bits per heavy atom. The highest BCUT2D eigenvalue weighted by molar-refractivity contribution is 5.77. The van der Waals surface area contributed by atoms with Gasteiger partial charge in [0.2, 0.25) is 0 Å². The van der Waals surface area contributed by atoms with E-state index in [1.54, 1.807) is 0 Å². The van der Waals surface area contributed by atoms with Gasteiger partial charge in [0.15, 0.2) is 0 Å². The number of nitrogens with zero attached hydrogens (tertiary/aromatic N) is 2. The molecule has 0 aromatic heterocycles. The zero-order valence-corrected chi connectivity index (χ0v) is 4.90. The SMILES string of the molecule is N#CCC(=O)N(NO)NO. The lowest BCUT2D eigenvalue weighted by molar-refractivity contribution is -0.173. The molecular weight excluding hydrogens is 140 g/mol. The molecule has 7 nitrogen and oxygen atoms in total. The van der Waals surface area contributed by atoms with Crippen molar-refractivity contribution in [3.05, 3.63) is 0 Å². The summed E-state index contributed by atoms with van der Waals surface area (Å²) in [6, 6.07) is 1.52. The number of hydrogen-bond acceptors (Lipinski definition) is 6. The third-order valence-electron chi connectivity index (χ3n) is 0.680. The summed E-state index contributed by atoms with van der Waals surface area (Å²) in [4.78, 5) is 10.5. The van der Waals surface area contributed by atoms with Crippen LogP contribution in [0.4, 0.5) is 0 Å². The van der Waals surface area contributed by atoms with E-state index < -0.39 is 12.3 Å². The Labute approximate surface area is 56.3 Å². The van der Waals surface area contributed by atoms with E-state index in [0.29, 0.717) is 0 Å². The molecule has 1 amide bonds. The predicted molar refractivity (Wildman–Crippen MR) is 26.9 cm³/mol. The Morgan fingerprint density at radius 1 is 1.60 bits per heavy atom. The molecule has 0 spiro atoms. The van der Waals surface area contributed by atoms with E-state index >= 15 is 0 Å². The summed E-state index contributed by atoms with van der Waals surface area (Å²) in [5, 5.41) is 24.3. The van der Waals surface area contributed by atoms with Gasteiger partial charge in [0, 0.05) is 0 Å². The first-order valence-electron chi connectivity index (χ1n) is 2.25. The van der Waals surface area contributed by atoms with Crippen molar-refractivity contribution in [1.82, 2.24) is 16.3 Å². The monoisotopic (exact) mass is 146 g/mol. The minimum Gasteiger partial charge on any atom is -0.296 e. The summed E-state index contributed by atoms with van der Waals surface area (Å²) < 4.78 is 0. The average Bonchev–Trinajstić information content (AvgIpc) is 1.91. The van der Waals surface area contributed by atoms with Crippen molar-refractivity contribution in [2.75, 3.05) is 0 Å². The minimum atomic E-state index is -0.799. The standard InChI is InChI=1S/C3H6N4O3/c4-2-1-3(8)7(5-9)6-10/h5-6,9-10H,1H2. The van der Waals surface area contributed by atoms with Gasteiger partial charge in [-0.15, -0.1) is 0 Å². The lowest BCUT2D eigenvalue weighted by atomic mass is 10.4. The maximum Gasteiger partial charge on any atom is 0.269 e. The molecule has 10 heavy (non-hydrogen) atoms. The number of nitrogens with one attached hydrogen (secondary N) is 2. The van der Waals surface area contributed by atoms with E-state index in [1.165, 1.54) is 17.2 Å². The molecule has 0 aromatic carbocycles. The Balaban J connectivity index is 3.79. The van der Waals surface area contributed by atoms with Gasteiger partial charge in [-0.1, -0.05) is 11.2 Å². The fraction of sp³-hybridized carbons (Fsp3) is 0.333. The molecule has 7 heteroatoms. The fourth-order valence-electron chi connectivity index (χ4n) is 0.281. The Hall–Kier alpha value is -1.20. The molecule has 56 valence electrons. The average molecular weight is 146 g/mol. The second-order valence-corrected chi connectivity index (χ2v) is 1.26. The van der Waals surface area contributed by atoms with Crippen LogP contribution in [-0.4, -0.2) is 21.4 Å². The molecule has 0 bridgehead atoms. The number of amides is 1. The van der Waals surface area contributed by atoms with Crippen LogP contribution in [0.3, 0.4) is 0 Å². The van der Waals surface area contributed by atoms with Crippen LogP contribution in [0.15, 0.2) is 0 Å². The molecule has 0 unspecified atom stereocenters. The molecule has 0 fully saturated rings. The maximum atomic E-state index is 10.5. The van der Waals surface area contributed by atoms with Crippen LogP contribution < -0.4 is 11.2 Å². The van der Waals surface area contributed by atoms with Crippen molar-refractivity contribution in [1.29, 1.82) is 5.26 Å². The molecule has 0 rings (SSSR count). The minimum absolute atomic E-state index is 0.253. The second-order valence-electron chi connectivity index (χ2n) is 1.26. The van der Waals surface area contributed by atoms with Crippen LogP contribution >= 0.6 is 0 Å². The molecule has 0 heterocycles. The number of hydrazine groups is 2. The van der Waals surface area contributed by atoms with Crippen molar-refractivity contribution in [3.63, 3.8) is 0 Å². The Bertz CT molecular complexity index is 148. The van der Waals surface area contributed by atoms with E-state index in [4.69, 9.17) is 15.7 Å². The van der Waals surface area contributed by atoms with Crippen LogP contribution in [0.5, 0.6) is 0 Å². The van der Waals surface area contributed by atoms with Crippen molar-refractivity contribution >= 4 is 5.91 Å². The molecule has 0 aliphatic carbocycles. The van der Waals surface area contributed by atoms with Crippen LogP contribution in [0.1, 0.15) is 6.42 Å². The van der Waals surface area contributed by atoms with Gasteiger partial charge in [-0.3, -0.25) is 15.2 Å². The highest BCUT2D eigenvalue weighted by atomic mass is 16.6. The molecule has 0 saturated carbocycles. The van der Waals surface area contributed by atoms with E-state index in [-0.39, 0.29) is 5.12 Å². The predicted octanol–water partition coefficient (Wildman–Crippen LogP) is -1.48. The number of nitriles is 1. The highest BCUT2D eigenvalue weighted by Gasteiger charge is 2.09. The van der Waals surface area contributed by atoms with Gasteiger partial charge in [-0.25, -0.2) is 0 Å². The molecular formula is C3H6N4O3. The smallest absolute Gasteiger partial charge is 0.269 e. The van der Waals surface area contributed by atoms with Gasteiger partial charge in [-0.05, 0) is 0 Å². The van der Waals surface area contributed by atoms with Gasteiger partial charge >= 0.3 is 0 Å². The zero-order valence-electron chi connectivity index (χ0n) is 4.90. The highest BCUT2D eigenvalue weighted by Crippen LogP contribution is 1.81. The zero-order chi connectivity index (χ0) is 7.98. The first kappa shape index (κ1) is 8.80. The van der Waals surface area contributed by atoms with Crippen molar-refractivity contribution in [3.8, 4) is 6.07 Å². The van der Waals surface area contributed by atoms with Crippen molar-refractivity contribution in [2.45, 2.75) is 6.42 Å². The van der Waals surface area contributed by atoms with E-state index in [9.17, 15) is 4.79 Å². The van der Waals surface area contributed by atoms with Crippen LogP contribution in [0, 0.1) is 11.3 Å². The normalized spacial score (nSPS) is 8.50. The van der Waals surface area contributed by atoms with Gasteiger partial charge < -0.3 is 0 Å². The van der Waals surface area contributed by atoms with E-state index in [2.05, 4.69) is 0 Å². The van der Waals surface area contributed by atoms with Crippen LogP contribution in [0.25, 0.3) is 0 Å². The van der Waals surface area contributed by atoms with Gasteiger partial charge in [0.25, 0.3) is 5.91 Å². The first-order chi connectivity index (χ1) is 4.76.